The highest BCUT2D eigenvalue weighted by Gasteiger charge is 2.18. The van der Waals surface area contributed by atoms with E-state index in [4.69, 9.17) is 14.2 Å². The fourth-order valence-electron chi connectivity index (χ4n) is 2.14. The van der Waals surface area contributed by atoms with Gasteiger partial charge in [-0.2, -0.15) is 5.10 Å². The number of nitro groups is 1. The van der Waals surface area contributed by atoms with Gasteiger partial charge in [-0.15, -0.1) is 0 Å². The second-order valence-corrected chi connectivity index (χ2v) is 5.42. The summed E-state index contributed by atoms with van der Waals surface area (Å²) in [6.07, 6.45) is 1.25. The number of carbonyl (C=O) groups is 1. The van der Waals surface area contributed by atoms with Gasteiger partial charge in [-0.25, -0.2) is 5.43 Å². The highest BCUT2D eigenvalue weighted by molar-refractivity contribution is 5.87. The minimum absolute atomic E-state index is 0.0598. The van der Waals surface area contributed by atoms with Crippen molar-refractivity contribution in [3.63, 3.8) is 0 Å². The second kappa shape index (κ2) is 9.18. The molecule has 0 saturated heterocycles. The Morgan fingerprint density at radius 3 is 2.44 bits per heavy atom. The van der Waals surface area contributed by atoms with Gasteiger partial charge in [-0.05, 0) is 19.1 Å². The first-order valence-electron chi connectivity index (χ1n) is 7.86. The van der Waals surface area contributed by atoms with E-state index in [1.807, 2.05) is 19.1 Å². The minimum atomic E-state index is -0.580. The molecule has 0 spiro atoms. The number of methoxy groups -OCH3 is 2. The molecule has 0 fully saturated rings. The summed E-state index contributed by atoms with van der Waals surface area (Å²) >= 11 is 0. The molecule has 9 nitrogen and oxygen atoms in total. The first-order valence-corrected chi connectivity index (χ1v) is 7.86. The van der Waals surface area contributed by atoms with Crippen LogP contribution in [-0.2, 0) is 4.79 Å². The third kappa shape index (κ3) is 5.43. The number of hydrazone groups is 1. The first-order chi connectivity index (χ1) is 12.9. The van der Waals surface area contributed by atoms with Crippen molar-refractivity contribution >= 4 is 17.8 Å². The lowest BCUT2D eigenvalue weighted by atomic mass is 10.1. The number of benzene rings is 2. The number of hydrogen-bond acceptors (Lipinski definition) is 7. The topological polar surface area (TPSA) is 112 Å². The van der Waals surface area contributed by atoms with E-state index >= 15 is 0 Å². The highest BCUT2D eigenvalue weighted by Crippen LogP contribution is 2.33. The van der Waals surface area contributed by atoms with Gasteiger partial charge in [-0.3, -0.25) is 14.9 Å². The molecule has 142 valence electrons. The van der Waals surface area contributed by atoms with Crippen LogP contribution in [0, 0.1) is 17.0 Å². The molecule has 0 heterocycles. The lowest BCUT2D eigenvalue weighted by Gasteiger charge is -2.08. The van der Waals surface area contributed by atoms with Crippen molar-refractivity contribution in [3.05, 3.63) is 57.6 Å². The Kier molecular flexibility index (Phi) is 6.70. The number of nitrogens with zero attached hydrogens (tertiary/aromatic N) is 2. The number of carbonyl (C=O) groups excluding carboxylic acids is 1. The molecule has 1 amide bonds. The molecule has 0 aliphatic heterocycles. The molecule has 0 aromatic heterocycles. The summed E-state index contributed by atoms with van der Waals surface area (Å²) < 4.78 is 15.5. The molecule has 0 radical (unpaired) electrons. The van der Waals surface area contributed by atoms with Crippen LogP contribution in [0.5, 0.6) is 17.2 Å². The van der Waals surface area contributed by atoms with Crippen LogP contribution < -0.4 is 19.6 Å². The fraction of sp³-hybridized carbons (Fsp3) is 0.222. The molecule has 2 rings (SSSR count). The third-order valence-corrected chi connectivity index (χ3v) is 3.51. The van der Waals surface area contributed by atoms with E-state index in [0.29, 0.717) is 17.1 Å². The number of amides is 1. The lowest BCUT2D eigenvalue weighted by molar-refractivity contribution is -0.385. The van der Waals surface area contributed by atoms with Crippen molar-refractivity contribution < 1.29 is 23.9 Å². The van der Waals surface area contributed by atoms with Crippen LogP contribution >= 0.6 is 0 Å². The van der Waals surface area contributed by atoms with Crippen molar-refractivity contribution in [3.8, 4) is 17.2 Å². The quantitative estimate of drug-likeness (QED) is 0.432. The number of rotatable bonds is 8. The van der Waals surface area contributed by atoms with Gasteiger partial charge in [0.1, 0.15) is 11.5 Å². The van der Waals surface area contributed by atoms with E-state index in [9.17, 15) is 14.9 Å². The summed E-state index contributed by atoms with van der Waals surface area (Å²) in [7, 11) is 2.73. The Hall–Kier alpha value is -3.62. The summed E-state index contributed by atoms with van der Waals surface area (Å²) in [5.74, 6) is 0.455. The lowest BCUT2D eigenvalue weighted by Crippen LogP contribution is -2.24. The fourth-order valence-corrected chi connectivity index (χ4v) is 2.14. The van der Waals surface area contributed by atoms with E-state index in [-0.39, 0.29) is 18.0 Å². The molecular weight excluding hydrogens is 354 g/mol. The zero-order valence-electron chi connectivity index (χ0n) is 15.1. The summed E-state index contributed by atoms with van der Waals surface area (Å²) in [5, 5.41) is 14.9. The average molecular weight is 373 g/mol. The van der Waals surface area contributed by atoms with Gasteiger partial charge in [0.25, 0.3) is 5.91 Å². The average Bonchev–Trinajstić information content (AvgIpc) is 2.67. The molecule has 0 bridgehead atoms. The van der Waals surface area contributed by atoms with E-state index in [1.165, 1.54) is 32.6 Å². The third-order valence-electron chi connectivity index (χ3n) is 3.51. The van der Waals surface area contributed by atoms with Gasteiger partial charge < -0.3 is 14.2 Å². The van der Waals surface area contributed by atoms with Crippen molar-refractivity contribution in [2.24, 2.45) is 5.10 Å². The number of hydrogen-bond donors (Lipinski definition) is 1. The Bertz CT molecular complexity index is 849. The van der Waals surface area contributed by atoms with Crippen LogP contribution in [0.25, 0.3) is 0 Å². The Labute approximate surface area is 155 Å². The van der Waals surface area contributed by atoms with Crippen LogP contribution in [-0.4, -0.2) is 37.9 Å². The molecule has 2 aromatic rings. The van der Waals surface area contributed by atoms with Crippen molar-refractivity contribution in [2.45, 2.75) is 6.92 Å². The van der Waals surface area contributed by atoms with Gasteiger partial charge in [0, 0.05) is 17.7 Å². The number of ether oxygens (including phenoxy) is 3. The van der Waals surface area contributed by atoms with E-state index in [1.54, 1.807) is 12.1 Å². The van der Waals surface area contributed by atoms with Crippen LogP contribution in [0.1, 0.15) is 11.1 Å². The Morgan fingerprint density at radius 1 is 1.19 bits per heavy atom. The summed E-state index contributed by atoms with van der Waals surface area (Å²) in [5.41, 5.74) is 3.44. The zero-order chi connectivity index (χ0) is 19.8. The summed E-state index contributed by atoms with van der Waals surface area (Å²) in [4.78, 5) is 22.3. The molecule has 0 aliphatic rings. The predicted molar refractivity (Wildman–Crippen MR) is 98.6 cm³/mol. The first kappa shape index (κ1) is 19.7. The van der Waals surface area contributed by atoms with Gasteiger partial charge >= 0.3 is 5.69 Å². The van der Waals surface area contributed by atoms with Crippen molar-refractivity contribution in [1.82, 2.24) is 5.43 Å². The Balaban J connectivity index is 2.02. The van der Waals surface area contributed by atoms with Crippen LogP contribution in [0.2, 0.25) is 0 Å². The number of aryl methyl sites for hydroxylation is 1. The monoisotopic (exact) mass is 373 g/mol. The van der Waals surface area contributed by atoms with E-state index < -0.39 is 10.8 Å². The molecule has 0 atom stereocenters. The zero-order valence-corrected chi connectivity index (χ0v) is 15.1. The van der Waals surface area contributed by atoms with Crippen LogP contribution in [0.15, 0.2) is 41.5 Å². The van der Waals surface area contributed by atoms with Crippen molar-refractivity contribution in [2.75, 3.05) is 20.8 Å². The maximum Gasteiger partial charge on any atom is 0.311 e. The Morgan fingerprint density at radius 2 is 1.85 bits per heavy atom. The largest absolute Gasteiger partial charge is 0.496 e. The smallest absolute Gasteiger partial charge is 0.311 e. The second-order valence-electron chi connectivity index (χ2n) is 5.42. The van der Waals surface area contributed by atoms with Gasteiger partial charge in [-0.1, -0.05) is 17.7 Å². The number of nitro benzene ring substituents is 1. The predicted octanol–water partition coefficient (Wildman–Crippen LogP) is 2.45. The van der Waals surface area contributed by atoms with Gasteiger partial charge in [0.2, 0.25) is 5.75 Å². The van der Waals surface area contributed by atoms with Gasteiger partial charge in [0.05, 0.1) is 25.4 Å². The normalized spacial score (nSPS) is 10.5. The minimum Gasteiger partial charge on any atom is -0.496 e. The molecule has 1 N–H and O–H groups in total. The van der Waals surface area contributed by atoms with Crippen LogP contribution in [0.3, 0.4) is 0 Å². The molecule has 27 heavy (non-hydrogen) atoms. The van der Waals surface area contributed by atoms with Crippen molar-refractivity contribution in [1.29, 1.82) is 0 Å². The van der Waals surface area contributed by atoms with E-state index in [2.05, 4.69) is 10.5 Å². The molecule has 0 aliphatic carbocycles. The molecule has 2 aromatic carbocycles. The van der Waals surface area contributed by atoms with Gasteiger partial charge in [0.15, 0.2) is 6.61 Å². The molecule has 0 saturated carbocycles. The number of nitrogens with one attached hydrogen (secondary N) is 1. The maximum atomic E-state index is 11.8. The summed E-state index contributed by atoms with van der Waals surface area (Å²) in [6, 6.07) is 9.88. The van der Waals surface area contributed by atoms with Crippen LogP contribution in [0.4, 0.5) is 5.69 Å². The molecule has 9 heteroatoms. The molecule has 0 unspecified atom stereocenters. The maximum absolute atomic E-state index is 11.8. The SMILES string of the molecule is COc1cc(OC)c([N+](=O)[O-])cc1C=NNC(=O)COc1ccc(C)cc1. The molecular formula is C18H19N3O6. The van der Waals surface area contributed by atoms with E-state index in [0.717, 1.165) is 5.56 Å². The standard InChI is InChI=1S/C18H19N3O6/c1-12-4-6-14(7-5-12)27-11-18(22)20-19-10-13-8-15(21(23)24)17(26-3)9-16(13)25-2/h4-10H,11H2,1-3H3,(H,20,22). The highest BCUT2D eigenvalue weighted by atomic mass is 16.6. The summed E-state index contributed by atoms with van der Waals surface area (Å²) in [6.45, 7) is 1.73.